The van der Waals surface area contributed by atoms with Crippen molar-refractivity contribution in [3.05, 3.63) is 35.9 Å². The van der Waals surface area contributed by atoms with Gasteiger partial charge in [-0.05, 0) is 50.0 Å². The Morgan fingerprint density at radius 2 is 1.92 bits per heavy atom. The smallest absolute Gasteiger partial charge is 0.228 e. The quantitative estimate of drug-likeness (QED) is 0.888. The van der Waals surface area contributed by atoms with E-state index in [9.17, 15) is 4.79 Å². The molecule has 0 spiro atoms. The van der Waals surface area contributed by atoms with Crippen molar-refractivity contribution in [3.63, 3.8) is 0 Å². The van der Waals surface area contributed by atoms with Gasteiger partial charge >= 0.3 is 0 Å². The van der Waals surface area contributed by atoms with Crippen molar-refractivity contribution < 1.29 is 4.79 Å². The number of carbonyl (C=O) groups is 1. The molecule has 26 heavy (non-hydrogen) atoms. The van der Waals surface area contributed by atoms with Gasteiger partial charge in [-0.3, -0.25) is 9.48 Å². The minimum Gasteiger partial charge on any atom is -0.327 e. The van der Waals surface area contributed by atoms with Gasteiger partial charge in [0.15, 0.2) is 0 Å². The van der Waals surface area contributed by atoms with Gasteiger partial charge in [-0.15, -0.1) is 0 Å². The lowest BCUT2D eigenvalue weighted by atomic mass is 9.65. The number of benzene rings is 1. The first-order chi connectivity index (χ1) is 12.5. The fourth-order valence-corrected chi connectivity index (χ4v) is 4.81. The molecule has 5 heteroatoms. The molecule has 2 fully saturated rings. The number of aryl methyl sites for hydroxylation is 2. The molecule has 5 nitrogen and oxygen atoms in total. The fraction of sp³-hybridized carbons (Fsp3) is 0.524. The standard InChI is InChI=1S/C21H28N4O/c1-13-6-3-4-9-17(13)18-12-19(25(2)24-18)23-21(26)16-10-14-7-5-8-15(11-16)20(14)22/h3-4,6,9,12,14-16,20H,5,7-8,10-11,22H2,1-2H3,(H,23,26). The molecule has 2 atom stereocenters. The van der Waals surface area contributed by atoms with Crippen molar-refractivity contribution in [1.82, 2.24) is 9.78 Å². The van der Waals surface area contributed by atoms with Crippen molar-refractivity contribution >= 4 is 11.7 Å². The second kappa shape index (κ2) is 6.88. The fourth-order valence-electron chi connectivity index (χ4n) is 4.81. The summed E-state index contributed by atoms with van der Waals surface area (Å²) in [6.45, 7) is 2.08. The Bertz CT molecular complexity index is 798. The van der Waals surface area contributed by atoms with E-state index in [1.807, 2.05) is 25.2 Å². The molecule has 1 amide bonds. The molecule has 1 heterocycles. The highest BCUT2D eigenvalue weighted by Crippen LogP contribution is 2.42. The topological polar surface area (TPSA) is 72.9 Å². The molecule has 3 N–H and O–H groups in total. The number of amides is 1. The molecule has 0 radical (unpaired) electrons. The Kier molecular flexibility index (Phi) is 4.57. The van der Waals surface area contributed by atoms with Crippen molar-refractivity contribution in [2.45, 2.75) is 45.1 Å². The van der Waals surface area contributed by atoms with E-state index in [-0.39, 0.29) is 17.9 Å². The molecule has 2 aromatic rings. The third kappa shape index (κ3) is 3.16. The average molecular weight is 352 g/mol. The third-order valence-corrected chi connectivity index (χ3v) is 6.34. The van der Waals surface area contributed by atoms with Crippen LogP contribution < -0.4 is 11.1 Å². The number of nitrogens with one attached hydrogen (secondary N) is 1. The average Bonchev–Trinajstić information content (AvgIpc) is 2.95. The van der Waals surface area contributed by atoms with Gasteiger partial charge in [0.1, 0.15) is 5.82 Å². The maximum atomic E-state index is 12.9. The summed E-state index contributed by atoms with van der Waals surface area (Å²) >= 11 is 0. The van der Waals surface area contributed by atoms with Gasteiger partial charge in [-0.25, -0.2) is 0 Å². The molecule has 0 aliphatic heterocycles. The highest BCUT2D eigenvalue weighted by molar-refractivity contribution is 5.92. The summed E-state index contributed by atoms with van der Waals surface area (Å²) in [5.41, 5.74) is 9.53. The Morgan fingerprint density at radius 3 is 2.62 bits per heavy atom. The molecule has 2 aliphatic rings. The Hall–Kier alpha value is -2.14. The molecule has 1 aromatic carbocycles. The summed E-state index contributed by atoms with van der Waals surface area (Å²) in [4.78, 5) is 12.9. The van der Waals surface area contributed by atoms with Crippen LogP contribution in [0.15, 0.2) is 30.3 Å². The monoisotopic (exact) mass is 352 g/mol. The van der Waals surface area contributed by atoms with Crippen molar-refractivity contribution in [1.29, 1.82) is 0 Å². The summed E-state index contributed by atoms with van der Waals surface area (Å²) < 4.78 is 1.76. The Balaban J connectivity index is 1.49. The highest BCUT2D eigenvalue weighted by Gasteiger charge is 2.40. The minimum atomic E-state index is 0.0712. The number of fused-ring (bicyclic) bond motifs is 2. The molecule has 2 unspecified atom stereocenters. The van der Waals surface area contributed by atoms with Gasteiger partial charge in [0.25, 0.3) is 0 Å². The van der Waals surface area contributed by atoms with Gasteiger partial charge in [0.2, 0.25) is 5.91 Å². The summed E-state index contributed by atoms with van der Waals surface area (Å²) in [7, 11) is 1.88. The van der Waals surface area contributed by atoms with Crippen LogP contribution in [0.5, 0.6) is 0 Å². The van der Waals surface area contributed by atoms with Gasteiger partial charge in [0.05, 0.1) is 5.69 Å². The molecule has 138 valence electrons. The van der Waals surface area contributed by atoms with Crippen LogP contribution in [0, 0.1) is 24.7 Å². The van der Waals surface area contributed by atoms with E-state index >= 15 is 0 Å². The predicted molar refractivity (Wildman–Crippen MR) is 104 cm³/mol. The van der Waals surface area contributed by atoms with Gasteiger partial charge < -0.3 is 11.1 Å². The number of nitrogens with two attached hydrogens (primary N) is 1. The predicted octanol–water partition coefficient (Wildman–Crippen LogP) is 3.49. The maximum absolute atomic E-state index is 12.9. The van der Waals surface area contributed by atoms with E-state index in [1.54, 1.807) is 4.68 Å². The van der Waals surface area contributed by atoms with Gasteiger partial charge in [-0.2, -0.15) is 5.10 Å². The zero-order chi connectivity index (χ0) is 18.3. The molecule has 2 saturated carbocycles. The van der Waals surface area contributed by atoms with Crippen molar-refractivity contribution in [2.24, 2.45) is 30.5 Å². The number of carbonyl (C=O) groups excluding carboxylic acids is 1. The van der Waals surface area contributed by atoms with E-state index in [0.29, 0.717) is 11.8 Å². The van der Waals surface area contributed by atoms with E-state index in [0.717, 1.165) is 29.9 Å². The van der Waals surface area contributed by atoms with Gasteiger partial charge in [0, 0.05) is 30.6 Å². The molecule has 4 rings (SSSR count). The lowest BCUT2D eigenvalue weighted by Crippen LogP contribution is -2.48. The van der Waals surface area contributed by atoms with Crippen LogP contribution in [0.4, 0.5) is 5.82 Å². The SMILES string of the molecule is Cc1ccccc1-c1cc(NC(=O)C2CC3CCCC(C2)C3N)n(C)n1. The van der Waals surface area contributed by atoms with Crippen LogP contribution in [-0.2, 0) is 11.8 Å². The van der Waals surface area contributed by atoms with Gasteiger partial charge in [-0.1, -0.05) is 30.7 Å². The maximum Gasteiger partial charge on any atom is 0.228 e. The zero-order valence-electron chi connectivity index (χ0n) is 15.6. The van der Waals surface area contributed by atoms with E-state index in [2.05, 4.69) is 29.5 Å². The summed E-state index contributed by atoms with van der Waals surface area (Å²) in [5.74, 6) is 1.96. The molecule has 2 aliphatic carbocycles. The molecular formula is C21H28N4O. The Labute approximate surface area is 155 Å². The number of hydrogen-bond donors (Lipinski definition) is 2. The first-order valence-electron chi connectivity index (χ1n) is 9.69. The summed E-state index contributed by atoms with van der Waals surface area (Å²) in [6.07, 6.45) is 5.45. The molecular weight excluding hydrogens is 324 g/mol. The zero-order valence-corrected chi connectivity index (χ0v) is 15.6. The first-order valence-corrected chi connectivity index (χ1v) is 9.69. The molecule has 2 bridgehead atoms. The number of nitrogens with zero attached hydrogens (tertiary/aromatic N) is 2. The minimum absolute atomic E-state index is 0.0712. The number of anilines is 1. The highest BCUT2D eigenvalue weighted by atomic mass is 16.2. The summed E-state index contributed by atoms with van der Waals surface area (Å²) in [6, 6.07) is 10.4. The lowest BCUT2D eigenvalue weighted by molar-refractivity contribution is -0.122. The van der Waals surface area contributed by atoms with Crippen LogP contribution in [-0.4, -0.2) is 21.7 Å². The van der Waals surface area contributed by atoms with Crippen LogP contribution >= 0.6 is 0 Å². The van der Waals surface area contributed by atoms with Crippen LogP contribution in [0.1, 0.15) is 37.7 Å². The second-order valence-corrected chi connectivity index (χ2v) is 8.04. The van der Waals surface area contributed by atoms with Crippen LogP contribution in [0.25, 0.3) is 11.3 Å². The number of aromatic nitrogens is 2. The lowest BCUT2D eigenvalue weighted by Gasteiger charge is -2.43. The second-order valence-electron chi connectivity index (χ2n) is 8.04. The van der Waals surface area contributed by atoms with Crippen LogP contribution in [0.3, 0.4) is 0 Å². The van der Waals surface area contributed by atoms with Crippen LogP contribution in [0.2, 0.25) is 0 Å². The molecule has 1 aromatic heterocycles. The normalized spacial score (nSPS) is 28.0. The Morgan fingerprint density at radius 1 is 1.23 bits per heavy atom. The third-order valence-electron chi connectivity index (χ3n) is 6.34. The number of rotatable bonds is 3. The van der Waals surface area contributed by atoms with Crippen molar-refractivity contribution in [2.75, 3.05) is 5.32 Å². The van der Waals surface area contributed by atoms with E-state index in [1.165, 1.54) is 24.8 Å². The first kappa shape index (κ1) is 17.3. The summed E-state index contributed by atoms with van der Waals surface area (Å²) in [5, 5.41) is 7.71. The van der Waals surface area contributed by atoms with E-state index in [4.69, 9.17) is 5.73 Å². The molecule has 0 saturated heterocycles. The van der Waals surface area contributed by atoms with E-state index < -0.39 is 0 Å². The largest absolute Gasteiger partial charge is 0.327 e. The number of hydrogen-bond acceptors (Lipinski definition) is 3. The van der Waals surface area contributed by atoms with Crippen molar-refractivity contribution in [3.8, 4) is 11.3 Å².